The van der Waals surface area contributed by atoms with Gasteiger partial charge in [0.1, 0.15) is 0 Å². The van der Waals surface area contributed by atoms with Crippen LogP contribution in [0.2, 0.25) is 0 Å². The zero-order valence-corrected chi connectivity index (χ0v) is 8.84. The molecule has 7 heteroatoms. The van der Waals surface area contributed by atoms with E-state index in [1.165, 1.54) is 13.2 Å². The normalized spacial score (nSPS) is 12.6. The second-order valence-corrected chi connectivity index (χ2v) is 3.20. The third kappa shape index (κ3) is 3.61. The number of methoxy groups -OCH3 is 1. The van der Waals surface area contributed by atoms with E-state index >= 15 is 0 Å². The number of aliphatic hydroxyl groups is 1. The van der Waals surface area contributed by atoms with Crippen LogP contribution in [0.15, 0.2) is 10.6 Å². The topological polar surface area (TPSA) is 105 Å². The SMILES string of the molecule is COCC(CO)NCc1cc(C(=O)O)no1. The standard InChI is InChI=1S/C9H14N2O5/c1-15-5-6(4-12)10-3-7-2-8(9(13)14)11-16-7/h2,6,10,12H,3-5H2,1H3,(H,13,14). The van der Waals surface area contributed by atoms with Crippen molar-refractivity contribution in [3.63, 3.8) is 0 Å². The number of carboxylic acids is 1. The molecule has 0 amide bonds. The molecule has 0 radical (unpaired) electrons. The number of aliphatic hydroxyl groups excluding tert-OH is 1. The number of ether oxygens (including phenoxy) is 1. The Morgan fingerprint density at radius 3 is 3.00 bits per heavy atom. The van der Waals surface area contributed by atoms with E-state index in [9.17, 15) is 4.79 Å². The molecule has 16 heavy (non-hydrogen) atoms. The lowest BCUT2D eigenvalue weighted by molar-refractivity contribution is 0.0685. The average molecular weight is 230 g/mol. The number of aromatic carboxylic acids is 1. The van der Waals surface area contributed by atoms with E-state index < -0.39 is 5.97 Å². The van der Waals surface area contributed by atoms with Crippen molar-refractivity contribution in [1.82, 2.24) is 10.5 Å². The minimum Gasteiger partial charge on any atom is -0.476 e. The highest BCUT2D eigenvalue weighted by Crippen LogP contribution is 2.03. The Bertz CT molecular complexity index is 338. The Kier molecular flexibility index (Phi) is 4.90. The molecule has 0 aliphatic carbocycles. The molecule has 3 N–H and O–H groups in total. The van der Waals surface area contributed by atoms with Crippen molar-refractivity contribution in [2.75, 3.05) is 20.3 Å². The monoisotopic (exact) mass is 230 g/mol. The number of hydrogen-bond donors (Lipinski definition) is 3. The van der Waals surface area contributed by atoms with E-state index in [1.807, 2.05) is 0 Å². The lowest BCUT2D eigenvalue weighted by atomic mass is 10.3. The maximum atomic E-state index is 10.5. The van der Waals surface area contributed by atoms with Gasteiger partial charge in [-0.05, 0) is 0 Å². The maximum absolute atomic E-state index is 10.5. The third-order valence-corrected chi connectivity index (χ3v) is 1.93. The highest BCUT2D eigenvalue weighted by molar-refractivity contribution is 5.85. The summed E-state index contributed by atoms with van der Waals surface area (Å²) in [6.45, 7) is 0.569. The number of aromatic nitrogens is 1. The fraction of sp³-hybridized carbons (Fsp3) is 0.556. The van der Waals surface area contributed by atoms with Crippen molar-refractivity contribution in [3.05, 3.63) is 17.5 Å². The van der Waals surface area contributed by atoms with Gasteiger partial charge in [0, 0.05) is 13.2 Å². The smallest absolute Gasteiger partial charge is 0.358 e. The fourth-order valence-electron chi connectivity index (χ4n) is 1.12. The van der Waals surface area contributed by atoms with E-state index in [4.69, 9.17) is 19.5 Å². The predicted octanol–water partition coefficient (Wildman–Crippen LogP) is -0.530. The van der Waals surface area contributed by atoms with Crippen LogP contribution in [0.25, 0.3) is 0 Å². The van der Waals surface area contributed by atoms with E-state index in [-0.39, 0.29) is 24.9 Å². The Morgan fingerprint density at radius 2 is 2.50 bits per heavy atom. The quantitative estimate of drug-likeness (QED) is 0.578. The van der Waals surface area contributed by atoms with Gasteiger partial charge in [-0.2, -0.15) is 0 Å². The van der Waals surface area contributed by atoms with Crippen molar-refractivity contribution in [1.29, 1.82) is 0 Å². The van der Waals surface area contributed by atoms with Crippen LogP contribution in [0.5, 0.6) is 0 Å². The third-order valence-electron chi connectivity index (χ3n) is 1.93. The summed E-state index contributed by atoms with van der Waals surface area (Å²) in [5.74, 6) is -0.738. The number of nitrogens with one attached hydrogen (secondary N) is 1. The number of nitrogens with zero attached hydrogens (tertiary/aromatic N) is 1. The van der Waals surface area contributed by atoms with Crippen molar-refractivity contribution in [2.45, 2.75) is 12.6 Å². The van der Waals surface area contributed by atoms with Gasteiger partial charge in [0.15, 0.2) is 11.5 Å². The summed E-state index contributed by atoms with van der Waals surface area (Å²) in [6, 6.07) is 1.11. The molecule has 1 atom stereocenters. The van der Waals surface area contributed by atoms with E-state index in [0.29, 0.717) is 12.4 Å². The summed E-state index contributed by atoms with van der Waals surface area (Å²) in [5, 5.41) is 23.8. The molecule has 0 fully saturated rings. The maximum Gasteiger partial charge on any atom is 0.358 e. The van der Waals surface area contributed by atoms with Crippen molar-refractivity contribution in [3.8, 4) is 0 Å². The van der Waals surface area contributed by atoms with Gasteiger partial charge in [-0.15, -0.1) is 0 Å². The Labute approximate surface area is 92.0 Å². The summed E-state index contributed by atoms with van der Waals surface area (Å²) in [6.07, 6.45) is 0. The van der Waals surface area contributed by atoms with Crippen molar-refractivity contribution >= 4 is 5.97 Å². The van der Waals surface area contributed by atoms with Crippen LogP contribution >= 0.6 is 0 Å². The number of hydrogen-bond acceptors (Lipinski definition) is 6. The van der Waals surface area contributed by atoms with Crippen LogP contribution < -0.4 is 5.32 Å². The highest BCUT2D eigenvalue weighted by Gasteiger charge is 2.12. The van der Waals surface area contributed by atoms with E-state index in [0.717, 1.165) is 0 Å². The molecule has 0 saturated carbocycles. The number of carboxylic acid groups (broad SMARTS) is 1. The molecule has 0 aromatic carbocycles. The van der Waals surface area contributed by atoms with Gasteiger partial charge in [-0.25, -0.2) is 4.79 Å². The lowest BCUT2D eigenvalue weighted by Crippen LogP contribution is -2.35. The Hall–Kier alpha value is -1.44. The molecule has 7 nitrogen and oxygen atoms in total. The van der Waals surface area contributed by atoms with Crippen LogP contribution in [0.4, 0.5) is 0 Å². The molecular weight excluding hydrogens is 216 g/mol. The molecule has 1 rings (SSSR count). The molecule has 0 aliphatic heterocycles. The van der Waals surface area contributed by atoms with Gasteiger partial charge in [0.05, 0.1) is 25.8 Å². The van der Waals surface area contributed by atoms with Gasteiger partial charge in [-0.1, -0.05) is 5.16 Å². The number of rotatable bonds is 7. The summed E-state index contributed by atoms with van der Waals surface area (Å²) >= 11 is 0. The fourth-order valence-corrected chi connectivity index (χ4v) is 1.12. The molecule has 0 bridgehead atoms. The lowest BCUT2D eigenvalue weighted by Gasteiger charge is -2.13. The van der Waals surface area contributed by atoms with Crippen LogP contribution in [-0.4, -0.2) is 47.7 Å². The summed E-state index contributed by atoms with van der Waals surface area (Å²) in [4.78, 5) is 10.5. The van der Waals surface area contributed by atoms with Crippen molar-refractivity contribution in [2.24, 2.45) is 0 Å². The second kappa shape index (κ2) is 6.21. The minimum absolute atomic E-state index is 0.0756. The first-order valence-corrected chi connectivity index (χ1v) is 4.69. The highest BCUT2D eigenvalue weighted by atomic mass is 16.5. The molecule has 1 unspecified atom stereocenters. The van der Waals surface area contributed by atoms with Crippen LogP contribution in [-0.2, 0) is 11.3 Å². The first-order valence-electron chi connectivity index (χ1n) is 4.69. The predicted molar refractivity (Wildman–Crippen MR) is 53.1 cm³/mol. The first-order chi connectivity index (χ1) is 7.67. The molecule has 0 spiro atoms. The Balaban J connectivity index is 2.44. The zero-order valence-electron chi connectivity index (χ0n) is 8.84. The summed E-state index contributed by atoms with van der Waals surface area (Å²) < 4.78 is 9.65. The molecule has 1 heterocycles. The largest absolute Gasteiger partial charge is 0.476 e. The van der Waals surface area contributed by atoms with Gasteiger partial charge in [0.25, 0.3) is 0 Å². The number of carbonyl (C=O) groups is 1. The van der Waals surface area contributed by atoms with Gasteiger partial charge >= 0.3 is 5.97 Å². The average Bonchev–Trinajstić information content (AvgIpc) is 2.73. The van der Waals surface area contributed by atoms with Crippen LogP contribution in [0, 0.1) is 0 Å². The van der Waals surface area contributed by atoms with Gasteiger partial charge in [0.2, 0.25) is 0 Å². The zero-order chi connectivity index (χ0) is 12.0. The summed E-state index contributed by atoms with van der Waals surface area (Å²) in [5.41, 5.74) is -0.135. The van der Waals surface area contributed by atoms with Gasteiger partial charge < -0.3 is 24.8 Å². The Morgan fingerprint density at radius 1 is 1.75 bits per heavy atom. The van der Waals surface area contributed by atoms with Crippen LogP contribution in [0.3, 0.4) is 0 Å². The van der Waals surface area contributed by atoms with E-state index in [1.54, 1.807) is 0 Å². The minimum atomic E-state index is -1.13. The molecule has 0 aliphatic rings. The molecule has 0 saturated heterocycles. The first kappa shape index (κ1) is 12.6. The molecular formula is C9H14N2O5. The van der Waals surface area contributed by atoms with Gasteiger partial charge in [-0.3, -0.25) is 0 Å². The molecule has 1 aromatic heterocycles. The second-order valence-electron chi connectivity index (χ2n) is 3.20. The van der Waals surface area contributed by atoms with E-state index in [2.05, 4.69) is 10.5 Å². The van der Waals surface area contributed by atoms with Crippen LogP contribution in [0.1, 0.15) is 16.2 Å². The molecule has 90 valence electrons. The summed E-state index contributed by atoms with van der Waals surface area (Å²) in [7, 11) is 1.53. The van der Waals surface area contributed by atoms with Crippen molar-refractivity contribution < 1.29 is 24.3 Å². The molecule has 1 aromatic rings.